The highest BCUT2D eigenvalue weighted by molar-refractivity contribution is 5.88. The zero-order valence-electron chi connectivity index (χ0n) is 16.1. The SMILES string of the molecule is COc1ccccc1/C=C/CN1CCNC(=O)[C@@H]1CC(=O)N(C)C(C)C. The van der Waals surface area contributed by atoms with Crippen LogP contribution in [0.3, 0.4) is 0 Å². The fraction of sp³-hybridized carbons (Fsp3) is 0.500. The van der Waals surface area contributed by atoms with Crippen molar-refractivity contribution in [3.63, 3.8) is 0 Å². The minimum Gasteiger partial charge on any atom is -0.496 e. The second-order valence-corrected chi connectivity index (χ2v) is 6.75. The molecule has 0 spiro atoms. The van der Waals surface area contributed by atoms with Gasteiger partial charge in [-0.2, -0.15) is 0 Å². The number of rotatable bonds is 7. The molecule has 6 nitrogen and oxygen atoms in total. The molecule has 6 heteroatoms. The zero-order valence-corrected chi connectivity index (χ0v) is 16.1. The van der Waals surface area contributed by atoms with Gasteiger partial charge >= 0.3 is 0 Å². The Morgan fingerprint density at radius 2 is 2.15 bits per heavy atom. The van der Waals surface area contributed by atoms with Crippen LogP contribution in [0.4, 0.5) is 0 Å². The fourth-order valence-electron chi connectivity index (χ4n) is 2.92. The lowest BCUT2D eigenvalue weighted by Crippen LogP contribution is -2.56. The normalized spacial score (nSPS) is 18.2. The van der Waals surface area contributed by atoms with Gasteiger partial charge in [-0.15, -0.1) is 0 Å². The van der Waals surface area contributed by atoms with Crippen molar-refractivity contribution in [1.82, 2.24) is 15.1 Å². The van der Waals surface area contributed by atoms with Crippen LogP contribution >= 0.6 is 0 Å². The second-order valence-electron chi connectivity index (χ2n) is 6.75. The number of piperazine rings is 1. The van der Waals surface area contributed by atoms with Crippen LogP contribution in [0.25, 0.3) is 6.08 Å². The van der Waals surface area contributed by atoms with Crippen LogP contribution in [0.5, 0.6) is 5.75 Å². The Balaban J connectivity index is 2.04. The summed E-state index contributed by atoms with van der Waals surface area (Å²) in [7, 11) is 3.42. The van der Waals surface area contributed by atoms with E-state index in [0.29, 0.717) is 13.1 Å². The molecule has 0 aliphatic carbocycles. The quantitative estimate of drug-likeness (QED) is 0.806. The van der Waals surface area contributed by atoms with Crippen molar-refractivity contribution in [1.29, 1.82) is 0 Å². The van der Waals surface area contributed by atoms with Gasteiger partial charge in [0.15, 0.2) is 0 Å². The Labute approximate surface area is 155 Å². The highest BCUT2D eigenvalue weighted by atomic mass is 16.5. The number of amides is 2. The summed E-state index contributed by atoms with van der Waals surface area (Å²) in [6.45, 7) is 5.87. The molecule has 1 aliphatic rings. The van der Waals surface area contributed by atoms with Gasteiger partial charge in [0.2, 0.25) is 11.8 Å². The molecule has 1 heterocycles. The maximum atomic E-state index is 12.4. The van der Waals surface area contributed by atoms with E-state index >= 15 is 0 Å². The van der Waals surface area contributed by atoms with Crippen molar-refractivity contribution in [2.45, 2.75) is 32.4 Å². The van der Waals surface area contributed by atoms with Crippen molar-refractivity contribution < 1.29 is 14.3 Å². The third-order valence-electron chi connectivity index (χ3n) is 4.75. The molecule has 1 fully saturated rings. The average Bonchev–Trinajstić information content (AvgIpc) is 2.63. The molecule has 0 unspecified atom stereocenters. The Hall–Kier alpha value is -2.34. The molecular formula is C20H29N3O3. The number of nitrogens with one attached hydrogen (secondary N) is 1. The number of carbonyl (C=O) groups excluding carboxylic acids is 2. The Kier molecular flexibility index (Phi) is 7.21. The molecule has 2 rings (SSSR count). The molecule has 2 amide bonds. The average molecular weight is 359 g/mol. The summed E-state index contributed by atoms with van der Waals surface area (Å²) >= 11 is 0. The van der Waals surface area contributed by atoms with Crippen LogP contribution in [0, 0.1) is 0 Å². The van der Waals surface area contributed by atoms with Crippen molar-refractivity contribution in [2.24, 2.45) is 0 Å². The van der Waals surface area contributed by atoms with E-state index in [1.54, 1.807) is 19.1 Å². The number of hydrogen-bond acceptors (Lipinski definition) is 4. The summed E-state index contributed by atoms with van der Waals surface area (Å²) in [6, 6.07) is 7.47. The number of benzene rings is 1. The maximum Gasteiger partial charge on any atom is 0.237 e. The van der Waals surface area contributed by atoms with E-state index in [1.807, 2.05) is 50.3 Å². The third-order valence-corrected chi connectivity index (χ3v) is 4.75. The summed E-state index contributed by atoms with van der Waals surface area (Å²) in [5.41, 5.74) is 0.989. The van der Waals surface area contributed by atoms with Crippen LogP contribution < -0.4 is 10.1 Å². The summed E-state index contributed by atoms with van der Waals surface area (Å²) in [6.07, 6.45) is 4.20. The lowest BCUT2D eigenvalue weighted by Gasteiger charge is -2.35. The Bertz CT molecular complexity index is 657. The van der Waals surface area contributed by atoms with Crippen molar-refractivity contribution in [3.8, 4) is 5.75 Å². The molecule has 1 saturated heterocycles. The first-order valence-electron chi connectivity index (χ1n) is 9.01. The number of nitrogens with zero attached hydrogens (tertiary/aromatic N) is 2. The van der Waals surface area contributed by atoms with Gasteiger partial charge < -0.3 is 15.0 Å². The van der Waals surface area contributed by atoms with E-state index in [1.165, 1.54) is 0 Å². The third kappa shape index (κ3) is 5.08. The fourth-order valence-corrected chi connectivity index (χ4v) is 2.92. The van der Waals surface area contributed by atoms with E-state index in [9.17, 15) is 9.59 Å². The molecule has 1 N–H and O–H groups in total. The number of methoxy groups -OCH3 is 1. The molecule has 1 aromatic rings. The van der Waals surface area contributed by atoms with Crippen LogP contribution in [0.2, 0.25) is 0 Å². The standard InChI is InChI=1S/C20H29N3O3/c1-15(2)22(3)19(24)14-17-20(25)21-11-13-23(17)12-7-9-16-8-5-6-10-18(16)26-4/h5-10,15,17H,11-14H2,1-4H3,(H,21,25)/b9-7+/t17-/m0/s1. The van der Waals surface area contributed by atoms with Gasteiger partial charge in [-0.25, -0.2) is 0 Å². The monoisotopic (exact) mass is 359 g/mol. The van der Waals surface area contributed by atoms with Crippen LogP contribution in [0.1, 0.15) is 25.8 Å². The lowest BCUT2D eigenvalue weighted by molar-refractivity contribution is -0.138. The summed E-state index contributed by atoms with van der Waals surface area (Å²) in [5.74, 6) is 0.721. The summed E-state index contributed by atoms with van der Waals surface area (Å²) < 4.78 is 5.35. The van der Waals surface area contributed by atoms with Gasteiger partial charge in [0.25, 0.3) is 0 Å². The van der Waals surface area contributed by atoms with Crippen LogP contribution in [-0.4, -0.2) is 67.5 Å². The highest BCUT2D eigenvalue weighted by Gasteiger charge is 2.32. The summed E-state index contributed by atoms with van der Waals surface area (Å²) in [4.78, 5) is 28.4. The molecular weight excluding hydrogens is 330 g/mol. The number of para-hydroxylation sites is 1. The topological polar surface area (TPSA) is 61.9 Å². The predicted molar refractivity (Wildman–Crippen MR) is 103 cm³/mol. The second kappa shape index (κ2) is 9.38. The van der Waals surface area contributed by atoms with E-state index in [2.05, 4.69) is 10.2 Å². The lowest BCUT2D eigenvalue weighted by atomic mass is 10.1. The number of hydrogen-bond donors (Lipinski definition) is 1. The van der Waals surface area contributed by atoms with Gasteiger partial charge in [-0.05, 0) is 19.9 Å². The summed E-state index contributed by atoms with van der Waals surface area (Å²) in [5, 5.41) is 2.87. The minimum absolute atomic E-state index is 0.0132. The Morgan fingerprint density at radius 3 is 2.85 bits per heavy atom. The van der Waals surface area contributed by atoms with E-state index in [4.69, 9.17) is 4.74 Å². The zero-order chi connectivity index (χ0) is 19.1. The van der Waals surface area contributed by atoms with Gasteiger partial charge in [-0.3, -0.25) is 14.5 Å². The first-order chi connectivity index (χ1) is 12.4. The smallest absolute Gasteiger partial charge is 0.237 e. The van der Waals surface area contributed by atoms with E-state index in [0.717, 1.165) is 17.9 Å². The Morgan fingerprint density at radius 1 is 1.42 bits per heavy atom. The van der Waals surface area contributed by atoms with E-state index < -0.39 is 6.04 Å². The van der Waals surface area contributed by atoms with Gasteiger partial charge in [-0.1, -0.05) is 30.4 Å². The van der Waals surface area contributed by atoms with Gasteiger partial charge in [0, 0.05) is 38.3 Å². The van der Waals surface area contributed by atoms with E-state index in [-0.39, 0.29) is 24.3 Å². The van der Waals surface area contributed by atoms with Crippen LogP contribution in [-0.2, 0) is 9.59 Å². The number of ether oxygens (including phenoxy) is 1. The van der Waals surface area contributed by atoms with Gasteiger partial charge in [0.1, 0.15) is 5.75 Å². The predicted octanol–water partition coefficient (Wildman–Crippen LogP) is 1.77. The molecule has 0 aromatic heterocycles. The van der Waals surface area contributed by atoms with Crippen molar-refractivity contribution >= 4 is 17.9 Å². The molecule has 0 radical (unpaired) electrons. The van der Waals surface area contributed by atoms with Gasteiger partial charge in [0.05, 0.1) is 19.6 Å². The van der Waals surface area contributed by atoms with Crippen LogP contribution in [0.15, 0.2) is 30.3 Å². The molecule has 142 valence electrons. The van der Waals surface area contributed by atoms with Crippen molar-refractivity contribution in [3.05, 3.63) is 35.9 Å². The van der Waals surface area contributed by atoms with Crippen molar-refractivity contribution in [2.75, 3.05) is 33.8 Å². The first-order valence-corrected chi connectivity index (χ1v) is 9.01. The maximum absolute atomic E-state index is 12.4. The molecule has 1 aromatic carbocycles. The minimum atomic E-state index is -0.431. The molecule has 0 saturated carbocycles. The number of carbonyl (C=O) groups is 2. The largest absolute Gasteiger partial charge is 0.496 e. The molecule has 1 atom stereocenters. The molecule has 0 bridgehead atoms. The molecule has 1 aliphatic heterocycles. The first kappa shape index (κ1) is 20.0. The molecule has 26 heavy (non-hydrogen) atoms. The highest BCUT2D eigenvalue weighted by Crippen LogP contribution is 2.19.